The lowest BCUT2D eigenvalue weighted by Crippen LogP contribution is -2.14. The van der Waals surface area contributed by atoms with Gasteiger partial charge < -0.3 is 9.84 Å². The Morgan fingerprint density at radius 1 is 1.11 bits per heavy atom. The van der Waals surface area contributed by atoms with Gasteiger partial charge in [-0.2, -0.15) is 0 Å². The van der Waals surface area contributed by atoms with E-state index in [0.29, 0.717) is 6.61 Å². The molecule has 1 atom stereocenters. The first-order valence-corrected chi connectivity index (χ1v) is 6.25. The van der Waals surface area contributed by atoms with Crippen LogP contribution in [0.25, 0.3) is 0 Å². The second-order valence-corrected chi connectivity index (χ2v) is 4.51. The molecule has 2 aromatic carbocycles. The molecule has 0 aliphatic carbocycles. The average molecular weight is 260 g/mol. The molecule has 0 saturated heterocycles. The van der Waals surface area contributed by atoms with E-state index in [1.165, 1.54) is 12.1 Å². The van der Waals surface area contributed by atoms with E-state index in [4.69, 9.17) is 4.74 Å². The Labute approximate surface area is 112 Å². The predicted octanol–water partition coefficient (Wildman–Crippen LogP) is 3.29. The van der Waals surface area contributed by atoms with Crippen LogP contribution in [-0.4, -0.2) is 18.3 Å². The molecule has 0 saturated carbocycles. The molecule has 2 rings (SSSR count). The fourth-order valence-electron chi connectivity index (χ4n) is 1.90. The van der Waals surface area contributed by atoms with Crippen LogP contribution in [0.1, 0.15) is 17.0 Å². The van der Waals surface area contributed by atoms with Crippen LogP contribution >= 0.6 is 0 Å². The number of aliphatic hydroxyl groups is 1. The molecule has 0 bridgehead atoms. The molecule has 0 aliphatic heterocycles. The van der Waals surface area contributed by atoms with Gasteiger partial charge in [0, 0.05) is 5.92 Å². The van der Waals surface area contributed by atoms with E-state index >= 15 is 0 Å². The van der Waals surface area contributed by atoms with Gasteiger partial charge in [-0.15, -0.1) is 0 Å². The quantitative estimate of drug-likeness (QED) is 0.894. The van der Waals surface area contributed by atoms with Crippen LogP contribution in [0, 0.1) is 12.7 Å². The molecule has 0 heterocycles. The smallest absolute Gasteiger partial charge is 0.123 e. The first kappa shape index (κ1) is 13.6. The summed E-state index contributed by atoms with van der Waals surface area (Å²) in [5.74, 6) is 0.378. The largest absolute Gasteiger partial charge is 0.493 e. The highest BCUT2D eigenvalue weighted by molar-refractivity contribution is 5.32. The van der Waals surface area contributed by atoms with Crippen molar-refractivity contribution in [3.05, 3.63) is 65.5 Å². The topological polar surface area (TPSA) is 29.5 Å². The third-order valence-corrected chi connectivity index (χ3v) is 3.10. The number of benzene rings is 2. The molecule has 0 amide bonds. The number of halogens is 1. The van der Waals surface area contributed by atoms with Crippen LogP contribution in [0.3, 0.4) is 0 Å². The highest BCUT2D eigenvalue weighted by Gasteiger charge is 2.12. The van der Waals surface area contributed by atoms with Gasteiger partial charge in [-0.25, -0.2) is 4.39 Å². The Balaban J connectivity index is 2.04. The summed E-state index contributed by atoms with van der Waals surface area (Å²) >= 11 is 0. The maximum Gasteiger partial charge on any atom is 0.123 e. The number of aliphatic hydroxyl groups excluding tert-OH is 1. The minimum atomic E-state index is -0.278. The number of hydrogen-bond donors (Lipinski definition) is 1. The summed E-state index contributed by atoms with van der Waals surface area (Å²) in [5, 5.41) is 9.42. The first-order valence-electron chi connectivity index (χ1n) is 6.25. The summed E-state index contributed by atoms with van der Waals surface area (Å²) in [6.07, 6.45) is 0. The lowest BCUT2D eigenvalue weighted by molar-refractivity contribution is 0.204. The van der Waals surface area contributed by atoms with Crippen molar-refractivity contribution in [2.24, 2.45) is 0 Å². The molecule has 0 aromatic heterocycles. The fourth-order valence-corrected chi connectivity index (χ4v) is 1.90. The van der Waals surface area contributed by atoms with Crippen LogP contribution in [0.15, 0.2) is 48.5 Å². The van der Waals surface area contributed by atoms with Gasteiger partial charge in [0.05, 0.1) is 13.2 Å². The molecule has 2 nitrogen and oxygen atoms in total. The van der Waals surface area contributed by atoms with E-state index in [9.17, 15) is 9.50 Å². The van der Waals surface area contributed by atoms with E-state index in [1.54, 1.807) is 12.1 Å². The van der Waals surface area contributed by atoms with Crippen molar-refractivity contribution in [2.75, 3.05) is 13.2 Å². The summed E-state index contributed by atoms with van der Waals surface area (Å²) in [6.45, 7) is 2.31. The van der Waals surface area contributed by atoms with E-state index < -0.39 is 0 Å². The molecule has 0 spiro atoms. The summed E-state index contributed by atoms with van der Waals surface area (Å²) in [4.78, 5) is 0. The second-order valence-electron chi connectivity index (χ2n) is 4.51. The Hall–Kier alpha value is -1.87. The Kier molecular flexibility index (Phi) is 4.53. The van der Waals surface area contributed by atoms with Crippen LogP contribution in [0.5, 0.6) is 5.75 Å². The summed E-state index contributed by atoms with van der Waals surface area (Å²) in [6, 6.07) is 13.9. The second kappa shape index (κ2) is 6.34. The van der Waals surface area contributed by atoms with Crippen LogP contribution < -0.4 is 4.74 Å². The molecule has 0 aliphatic rings. The van der Waals surface area contributed by atoms with E-state index in [2.05, 4.69) is 0 Å². The normalized spacial score (nSPS) is 12.2. The van der Waals surface area contributed by atoms with Crippen molar-refractivity contribution >= 4 is 0 Å². The van der Waals surface area contributed by atoms with Crippen LogP contribution in [0.4, 0.5) is 4.39 Å². The summed E-state index contributed by atoms with van der Waals surface area (Å²) in [7, 11) is 0. The monoisotopic (exact) mass is 260 g/mol. The van der Waals surface area contributed by atoms with Gasteiger partial charge >= 0.3 is 0 Å². The summed E-state index contributed by atoms with van der Waals surface area (Å²) < 4.78 is 18.6. The lowest BCUT2D eigenvalue weighted by atomic mass is 10.0. The Bertz CT molecular complexity index is 523. The zero-order chi connectivity index (χ0) is 13.7. The van der Waals surface area contributed by atoms with E-state index in [1.807, 2.05) is 31.2 Å². The Morgan fingerprint density at radius 2 is 1.79 bits per heavy atom. The van der Waals surface area contributed by atoms with Crippen molar-refractivity contribution in [2.45, 2.75) is 12.8 Å². The third kappa shape index (κ3) is 3.55. The third-order valence-electron chi connectivity index (χ3n) is 3.10. The molecule has 3 heteroatoms. The standard InChI is InChI=1S/C16H17FO2/c1-12-4-2-3-5-16(12)19-11-14(10-18)13-6-8-15(17)9-7-13/h2-9,14,18H,10-11H2,1H3. The van der Waals surface area contributed by atoms with Gasteiger partial charge in [0.15, 0.2) is 0 Å². The van der Waals surface area contributed by atoms with Gasteiger partial charge in [0.2, 0.25) is 0 Å². The van der Waals surface area contributed by atoms with Crippen LogP contribution in [0.2, 0.25) is 0 Å². The molecule has 100 valence electrons. The maximum atomic E-state index is 12.9. The van der Waals surface area contributed by atoms with Gasteiger partial charge in [0.25, 0.3) is 0 Å². The molecule has 0 radical (unpaired) electrons. The zero-order valence-corrected chi connectivity index (χ0v) is 10.8. The van der Waals surface area contributed by atoms with Gasteiger partial charge in [-0.3, -0.25) is 0 Å². The molecule has 0 fully saturated rings. The van der Waals surface area contributed by atoms with Gasteiger partial charge in [-0.05, 0) is 36.2 Å². The van der Waals surface area contributed by atoms with E-state index in [0.717, 1.165) is 16.9 Å². The number of rotatable bonds is 5. The minimum Gasteiger partial charge on any atom is -0.493 e. The van der Waals surface area contributed by atoms with Crippen molar-refractivity contribution in [3.63, 3.8) is 0 Å². The van der Waals surface area contributed by atoms with Crippen molar-refractivity contribution in [3.8, 4) is 5.75 Å². The van der Waals surface area contributed by atoms with Crippen molar-refractivity contribution in [1.82, 2.24) is 0 Å². The fraction of sp³-hybridized carbons (Fsp3) is 0.250. The highest BCUT2D eigenvalue weighted by atomic mass is 19.1. The number of aryl methyl sites for hydroxylation is 1. The molecule has 1 N–H and O–H groups in total. The number of hydrogen-bond acceptors (Lipinski definition) is 2. The number of ether oxygens (including phenoxy) is 1. The number of para-hydroxylation sites is 1. The SMILES string of the molecule is Cc1ccccc1OCC(CO)c1ccc(F)cc1. The Morgan fingerprint density at radius 3 is 2.42 bits per heavy atom. The first-order chi connectivity index (χ1) is 9.20. The molecular weight excluding hydrogens is 243 g/mol. The minimum absolute atomic E-state index is 0.0302. The lowest BCUT2D eigenvalue weighted by Gasteiger charge is -2.16. The highest BCUT2D eigenvalue weighted by Crippen LogP contribution is 2.21. The predicted molar refractivity (Wildman–Crippen MR) is 72.9 cm³/mol. The van der Waals surface area contributed by atoms with Gasteiger partial charge in [0.1, 0.15) is 11.6 Å². The molecule has 19 heavy (non-hydrogen) atoms. The summed E-state index contributed by atoms with van der Waals surface area (Å²) in [5.41, 5.74) is 1.93. The van der Waals surface area contributed by atoms with Crippen molar-refractivity contribution in [1.29, 1.82) is 0 Å². The average Bonchev–Trinajstić information content (AvgIpc) is 2.43. The van der Waals surface area contributed by atoms with E-state index in [-0.39, 0.29) is 18.3 Å². The molecule has 1 unspecified atom stereocenters. The van der Waals surface area contributed by atoms with Crippen LogP contribution in [-0.2, 0) is 0 Å². The van der Waals surface area contributed by atoms with Gasteiger partial charge in [-0.1, -0.05) is 30.3 Å². The maximum absolute atomic E-state index is 12.9. The molecular formula is C16H17FO2. The van der Waals surface area contributed by atoms with Crippen molar-refractivity contribution < 1.29 is 14.2 Å². The molecule has 2 aromatic rings. The zero-order valence-electron chi connectivity index (χ0n) is 10.8.